The Morgan fingerprint density at radius 3 is 2.52 bits per heavy atom. The highest BCUT2D eigenvalue weighted by Gasteiger charge is 2.24. The highest BCUT2D eigenvalue weighted by molar-refractivity contribution is 14.1. The summed E-state index contributed by atoms with van der Waals surface area (Å²) in [4.78, 5) is 13.6. The maximum atomic E-state index is 12.4. The first-order valence-corrected chi connectivity index (χ1v) is 10.6. The molecule has 23 heavy (non-hydrogen) atoms. The summed E-state index contributed by atoms with van der Waals surface area (Å²) in [7, 11) is -3.49. The second kappa shape index (κ2) is 7.76. The third kappa shape index (κ3) is 4.54. The van der Waals surface area contributed by atoms with Crippen molar-refractivity contribution in [1.29, 1.82) is 0 Å². The van der Waals surface area contributed by atoms with E-state index >= 15 is 0 Å². The average Bonchev–Trinajstić information content (AvgIpc) is 2.92. The minimum Gasteiger partial charge on any atom is -0.352 e. The number of carbonyl (C=O) groups excluding carboxylic acids is 1. The lowest BCUT2D eigenvalue weighted by molar-refractivity contribution is 0.0951. The summed E-state index contributed by atoms with van der Waals surface area (Å²) in [6.07, 6.45) is 0.735. The summed E-state index contributed by atoms with van der Waals surface area (Å²) in [5.74, 6) is -0.351. The molecule has 4 nitrogen and oxygen atoms in total. The van der Waals surface area contributed by atoms with E-state index in [2.05, 4.69) is 27.9 Å². The van der Waals surface area contributed by atoms with Crippen LogP contribution in [0.4, 0.5) is 0 Å². The van der Waals surface area contributed by atoms with Gasteiger partial charge in [0.25, 0.3) is 5.91 Å². The van der Waals surface area contributed by atoms with E-state index in [1.165, 1.54) is 13.8 Å². The number of carbonyl (C=O) groups is 1. The van der Waals surface area contributed by atoms with Gasteiger partial charge >= 0.3 is 0 Å². The predicted octanol–water partition coefficient (Wildman–Crippen LogP) is 3.51. The lowest BCUT2D eigenvalue weighted by Gasteiger charge is -2.12. The molecule has 7 heteroatoms. The van der Waals surface area contributed by atoms with E-state index in [-0.39, 0.29) is 16.4 Å². The molecular weight excluding hydrogens is 445 g/mol. The number of thiophene rings is 1. The number of hydrogen-bond donors (Lipinski definition) is 1. The monoisotopic (exact) mass is 463 g/mol. The van der Waals surface area contributed by atoms with Gasteiger partial charge in [-0.25, -0.2) is 8.42 Å². The smallest absolute Gasteiger partial charge is 0.252 e. The number of rotatable bonds is 6. The molecule has 0 fully saturated rings. The van der Waals surface area contributed by atoms with Crippen molar-refractivity contribution in [3.05, 3.63) is 49.7 Å². The first-order chi connectivity index (χ1) is 10.8. The second-order valence-electron chi connectivity index (χ2n) is 5.30. The molecule has 2 rings (SSSR count). The van der Waals surface area contributed by atoms with Crippen LogP contribution in [-0.4, -0.2) is 26.1 Å². The van der Waals surface area contributed by atoms with Crippen molar-refractivity contribution in [3.8, 4) is 0 Å². The molecule has 0 radical (unpaired) electrons. The number of benzene rings is 1. The number of halogens is 1. The van der Waals surface area contributed by atoms with Crippen molar-refractivity contribution >= 4 is 49.7 Å². The van der Waals surface area contributed by atoms with Gasteiger partial charge in [-0.15, -0.1) is 11.3 Å². The lowest BCUT2D eigenvalue weighted by atomic mass is 10.2. The van der Waals surface area contributed by atoms with Crippen molar-refractivity contribution in [2.75, 3.05) is 6.54 Å². The Balaban J connectivity index is 2.11. The van der Waals surface area contributed by atoms with E-state index in [1.54, 1.807) is 43.4 Å². The van der Waals surface area contributed by atoms with Gasteiger partial charge in [-0.1, -0.05) is 12.1 Å². The molecule has 0 aliphatic rings. The molecule has 0 spiro atoms. The molecule has 124 valence electrons. The fraction of sp³-hybridized carbons (Fsp3) is 0.312. The summed E-state index contributed by atoms with van der Waals surface area (Å²) in [6, 6.07) is 10.4. The van der Waals surface area contributed by atoms with Crippen LogP contribution in [0, 0.1) is 2.88 Å². The number of amides is 1. The zero-order chi connectivity index (χ0) is 17.0. The minimum atomic E-state index is -3.49. The maximum absolute atomic E-state index is 12.4. The molecule has 0 bridgehead atoms. The van der Waals surface area contributed by atoms with E-state index in [1.807, 2.05) is 12.1 Å². The number of sulfone groups is 1. The van der Waals surface area contributed by atoms with Crippen LogP contribution in [-0.2, 0) is 16.3 Å². The molecule has 0 saturated heterocycles. The van der Waals surface area contributed by atoms with Gasteiger partial charge in [-0.3, -0.25) is 4.79 Å². The quantitative estimate of drug-likeness (QED) is 0.668. The highest BCUT2D eigenvalue weighted by Crippen LogP contribution is 2.21. The lowest BCUT2D eigenvalue weighted by Crippen LogP contribution is -2.28. The van der Waals surface area contributed by atoms with Crippen LogP contribution >= 0.6 is 33.9 Å². The Bertz CT molecular complexity index is 797. The van der Waals surface area contributed by atoms with Crippen LogP contribution in [0.25, 0.3) is 0 Å². The summed E-state index contributed by atoms with van der Waals surface area (Å²) in [6.45, 7) is 3.70. The van der Waals surface area contributed by atoms with Crippen LogP contribution < -0.4 is 5.32 Å². The number of hydrogen-bond acceptors (Lipinski definition) is 4. The topological polar surface area (TPSA) is 63.2 Å². The van der Waals surface area contributed by atoms with E-state index in [0.717, 1.165) is 6.42 Å². The third-order valence-electron chi connectivity index (χ3n) is 3.34. The fourth-order valence-electron chi connectivity index (χ4n) is 2.04. The van der Waals surface area contributed by atoms with E-state index in [4.69, 9.17) is 0 Å². The van der Waals surface area contributed by atoms with Gasteiger partial charge in [0.1, 0.15) is 0 Å². The Labute approximate surface area is 154 Å². The van der Waals surface area contributed by atoms with Crippen molar-refractivity contribution < 1.29 is 13.2 Å². The Morgan fingerprint density at radius 2 is 1.91 bits per heavy atom. The Hall–Kier alpha value is -0.930. The summed E-state index contributed by atoms with van der Waals surface area (Å²) in [5, 5.41) is 2.24. The van der Waals surface area contributed by atoms with E-state index < -0.39 is 15.1 Å². The predicted molar refractivity (Wildman–Crippen MR) is 102 cm³/mol. The molecule has 0 unspecified atom stereocenters. The van der Waals surface area contributed by atoms with Crippen molar-refractivity contribution in [3.63, 3.8) is 0 Å². The molecule has 0 aliphatic carbocycles. The summed E-state index contributed by atoms with van der Waals surface area (Å²) in [5.41, 5.74) is 0.210. The highest BCUT2D eigenvalue weighted by atomic mass is 127. The van der Waals surface area contributed by atoms with Gasteiger partial charge in [-0.05, 0) is 67.1 Å². The third-order valence-corrected chi connectivity index (χ3v) is 7.51. The Kier molecular flexibility index (Phi) is 6.21. The van der Waals surface area contributed by atoms with Crippen molar-refractivity contribution in [2.45, 2.75) is 30.4 Å². The molecule has 0 saturated carbocycles. The summed E-state index contributed by atoms with van der Waals surface area (Å²) < 4.78 is 26.0. The maximum Gasteiger partial charge on any atom is 0.252 e. The van der Waals surface area contributed by atoms with Crippen LogP contribution in [0.3, 0.4) is 0 Å². The molecule has 1 heterocycles. The molecular formula is C16H18INO3S2. The molecule has 2 aromatic rings. The molecule has 1 amide bonds. The summed E-state index contributed by atoms with van der Waals surface area (Å²) >= 11 is 3.94. The molecule has 1 aromatic carbocycles. The van der Waals surface area contributed by atoms with E-state index in [0.29, 0.717) is 6.54 Å². The first-order valence-electron chi connectivity index (χ1n) is 7.17. The van der Waals surface area contributed by atoms with Gasteiger partial charge in [0.2, 0.25) is 0 Å². The van der Waals surface area contributed by atoms with Gasteiger partial charge in [0.15, 0.2) is 9.84 Å². The standard InChI is InChI=1S/C16H18INO3S2/c1-11(2)23(20,21)14-6-4-3-5-13(14)16(19)18-10-9-12-7-8-15(17)22-12/h3-8,11H,9-10H2,1-2H3,(H,18,19). The van der Waals surface area contributed by atoms with Gasteiger partial charge in [0.05, 0.1) is 18.6 Å². The van der Waals surface area contributed by atoms with Crippen LogP contribution in [0.2, 0.25) is 0 Å². The van der Waals surface area contributed by atoms with Crippen LogP contribution in [0.15, 0.2) is 41.3 Å². The number of nitrogens with one attached hydrogen (secondary N) is 1. The average molecular weight is 463 g/mol. The molecule has 0 atom stereocenters. The Morgan fingerprint density at radius 1 is 1.22 bits per heavy atom. The van der Waals surface area contributed by atoms with Gasteiger partial charge in [-0.2, -0.15) is 0 Å². The fourth-order valence-corrected chi connectivity index (χ4v) is 5.04. The van der Waals surface area contributed by atoms with Gasteiger partial charge < -0.3 is 5.32 Å². The van der Waals surface area contributed by atoms with E-state index in [9.17, 15) is 13.2 Å². The zero-order valence-corrected chi connectivity index (χ0v) is 16.7. The van der Waals surface area contributed by atoms with Crippen molar-refractivity contribution in [2.24, 2.45) is 0 Å². The molecule has 1 aromatic heterocycles. The van der Waals surface area contributed by atoms with Crippen LogP contribution in [0.1, 0.15) is 29.1 Å². The van der Waals surface area contributed by atoms with Crippen molar-refractivity contribution in [1.82, 2.24) is 5.32 Å². The first kappa shape index (κ1) is 18.4. The van der Waals surface area contributed by atoms with Crippen LogP contribution in [0.5, 0.6) is 0 Å². The minimum absolute atomic E-state index is 0.0955. The molecule has 1 N–H and O–H groups in total. The molecule has 0 aliphatic heterocycles. The largest absolute Gasteiger partial charge is 0.352 e. The SMILES string of the molecule is CC(C)S(=O)(=O)c1ccccc1C(=O)NCCc1ccc(I)s1. The normalized spacial score (nSPS) is 11.7. The van der Waals surface area contributed by atoms with Gasteiger partial charge in [0, 0.05) is 11.4 Å². The second-order valence-corrected chi connectivity index (χ2v) is 10.8. The zero-order valence-electron chi connectivity index (χ0n) is 12.9.